The van der Waals surface area contributed by atoms with Crippen molar-refractivity contribution in [3.05, 3.63) is 0 Å². The summed E-state index contributed by atoms with van der Waals surface area (Å²) >= 11 is 0. The second-order valence-electron chi connectivity index (χ2n) is 9.05. The molecule has 5 atom stereocenters. The minimum absolute atomic E-state index is 0.0827. The predicted molar refractivity (Wildman–Crippen MR) is 129 cm³/mol. The number of hydrogen-bond donors (Lipinski definition) is 8. The summed E-state index contributed by atoms with van der Waals surface area (Å²) in [5.41, 5.74) is 10.9. The Balaban J connectivity index is 5.37. The Hall–Kier alpha value is -3.26. The van der Waals surface area contributed by atoms with Crippen LogP contribution in [0.15, 0.2) is 0 Å². The molecule has 0 unspecified atom stereocenters. The highest BCUT2D eigenvalue weighted by Crippen LogP contribution is 2.07. The first kappa shape index (κ1) is 32.7. The minimum atomic E-state index is -1.48. The Morgan fingerprint density at radius 2 is 1.25 bits per heavy atom. The van der Waals surface area contributed by atoms with Gasteiger partial charge in [0.15, 0.2) is 0 Å². The molecule has 0 aliphatic carbocycles. The van der Waals surface area contributed by atoms with Crippen LogP contribution in [0, 0.1) is 5.92 Å². The van der Waals surface area contributed by atoms with Gasteiger partial charge in [0, 0.05) is 0 Å². The molecule has 0 fully saturated rings. The number of aliphatic carboxylic acids is 2. The van der Waals surface area contributed by atoms with E-state index in [1.54, 1.807) is 13.8 Å². The van der Waals surface area contributed by atoms with E-state index in [0.29, 0.717) is 19.4 Å². The first-order valence-electron chi connectivity index (χ1n) is 11.8. The molecule has 0 saturated carbocycles. The number of carbonyl (C=O) groups is 6. The first-order chi connectivity index (χ1) is 16.7. The number of amides is 4. The van der Waals surface area contributed by atoms with Crippen LogP contribution in [0.4, 0.5) is 0 Å². The molecule has 14 nitrogen and oxygen atoms in total. The second kappa shape index (κ2) is 16.4. The molecular weight excluding hydrogens is 476 g/mol. The van der Waals surface area contributed by atoms with E-state index in [4.69, 9.17) is 16.6 Å². The van der Waals surface area contributed by atoms with Gasteiger partial charge in [-0.25, -0.2) is 4.79 Å². The van der Waals surface area contributed by atoms with Crippen molar-refractivity contribution in [2.45, 2.75) is 90.0 Å². The lowest BCUT2D eigenvalue weighted by Crippen LogP contribution is -2.58. The number of rotatable bonds is 17. The predicted octanol–water partition coefficient (Wildman–Crippen LogP) is -1.97. The van der Waals surface area contributed by atoms with Gasteiger partial charge >= 0.3 is 11.9 Å². The van der Waals surface area contributed by atoms with Crippen molar-refractivity contribution in [2.24, 2.45) is 17.4 Å². The number of hydrogen-bond acceptors (Lipinski definition) is 8. The molecule has 14 heteroatoms. The first-order valence-corrected chi connectivity index (χ1v) is 11.8. The number of nitrogens with two attached hydrogens (primary N) is 2. The zero-order chi connectivity index (χ0) is 28.0. The monoisotopic (exact) mass is 516 g/mol. The lowest BCUT2D eigenvalue weighted by molar-refractivity contribution is -0.142. The number of carbonyl (C=O) groups excluding carboxylic acids is 4. The second-order valence-corrected chi connectivity index (χ2v) is 9.05. The molecule has 0 aromatic carbocycles. The normalized spacial score (nSPS) is 15.1. The average molecular weight is 517 g/mol. The molecule has 0 heterocycles. The van der Waals surface area contributed by atoms with E-state index < -0.39 is 72.2 Å². The van der Waals surface area contributed by atoms with Gasteiger partial charge in [0.05, 0.1) is 12.5 Å². The summed E-state index contributed by atoms with van der Waals surface area (Å²) in [5, 5.41) is 27.9. The van der Waals surface area contributed by atoms with Gasteiger partial charge in [-0.3, -0.25) is 24.0 Å². The van der Waals surface area contributed by atoms with Gasteiger partial charge in [0.2, 0.25) is 23.6 Å². The summed E-state index contributed by atoms with van der Waals surface area (Å²) in [7, 11) is 0. The topological polar surface area (TPSA) is 243 Å². The molecule has 0 aromatic rings. The molecule has 4 amide bonds. The Morgan fingerprint density at radius 3 is 1.72 bits per heavy atom. The highest BCUT2D eigenvalue weighted by molar-refractivity contribution is 5.96. The van der Waals surface area contributed by atoms with Crippen molar-refractivity contribution in [1.29, 1.82) is 0 Å². The molecule has 0 radical (unpaired) electrons. The molecule has 0 spiro atoms. The van der Waals surface area contributed by atoms with Crippen LogP contribution in [0.3, 0.4) is 0 Å². The Morgan fingerprint density at radius 1 is 0.722 bits per heavy atom. The summed E-state index contributed by atoms with van der Waals surface area (Å²) in [6.45, 7) is 6.68. The molecule has 0 saturated heterocycles. The van der Waals surface area contributed by atoms with Crippen LogP contribution in [-0.2, 0) is 28.8 Å². The van der Waals surface area contributed by atoms with Gasteiger partial charge in [0.25, 0.3) is 0 Å². The number of nitrogens with one attached hydrogen (secondary N) is 4. The third-order valence-electron chi connectivity index (χ3n) is 5.08. The maximum Gasteiger partial charge on any atom is 0.326 e. The van der Waals surface area contributed by atoms with Gasteiger partial charge < -0.3 is 42.9 Å². The number of carboxylic acid groups (broad SMARTS) is 2. The highest BCUT2D eigenvalue weighted by atomic mass is 16.4. The van der Waals surface area contributed by atoms with E-state index in [1.165, 1.54) is 13.8 Å². The molecule has 0 aliphatic rings. The van der Waals surface area contributed by atoms with Crippen LogP contribution in [0.1, 0.15) is 59.8 Å². The van der Waals surface area contributed by atoms with Crippen LogP contribution in [0.2, 0.25) is 0 Å². The molecule has 0 bridgehead atoms. The van der Waals surface area contributed by atoms with E-state index in [0.717, 1.165) is 0 Å². The molecule has 0 aromatic heterocycles. The standard InChI is InChI=1S/C22H40N6O8/c1-11(2)9-15(28-21(34)16(10-17(29)30)27-18(31)12(3)24)20(33)25-13(4)19(32)26-14(22(35)36)7-5-6-8-23/h11-16H,5-10,23-24H2,1-4H3,(H,25,33)(H,26,32)(H,27,31)(H,28,34)(H,29,30)(H,35,36)/t12-,13-,14-,15-,16-/m0/s1. The summed E-state index contributed by atoms with van der Waals surface area (Å²) in [5.74, 6) is -5.77. The molecule has 0 rings (SSSR count). The minimum Gasteiger partial charge on any atom is -0.481 e. The van der Waals surface area contributed by atoms with E-state index in [1.807, 2.05) is 0 Å². The summed E-state index contributed by atoms with van der Waals surface area (Å²) < 4.78 is 0. The Kier molecular flexibility index (Phi) is 14.9. The van der Waals surface area contributed by atoms with E-state index in [9.17, 15) is 33.9 Å². The van der Waals surface area contributed by atoms with Crippen LogP contribution < -0.4 is 32.7 Å². The Labute approximate surface area is 210 Å². The molecule has 36 heavy (non-hydrogen) atoms. The lowest BCUT2D eigenvalue weighted by atomic mass is 10.0. The Bertz CT molecular complexity index is 789. The van der Waals surface area contributed by atoms with Crippen molar-refractivity contribution in [2.75, 3.05) is 6.54 Å². The van der Waals surface area contributed by atoms with Crippen molar-refractivity contribution in [3.8, 4) is 0 Å². The average Bonchev–Trinajstić information content (AvgIpc) is 2.76. The van der Waals surface area contributed by atoms with Gasteiger partial charge in [-0.05, 0) is 52.0 Å². The zero-order valence-corrected chi connectivity index (χ0v) is 21.2. The smallest absolute Gasteiger partial charge is 0.326 e. The lowest BCUT2D eigenvalue weighted by Gasteiger charge is -2.25. The van der Waals surface area contributed by atoms with Gasteiger partial charge in [-0.1, -0.05) is 13.8 Å². The number of unbranched alkanes of at least 4 members (excludes halogenated alkanes) is 1. The molecule has 10 N–H and O–H groups in total. The third-order valence-corrected chi connectivity index (χ3v) is 5.08. The van der Waals surface area contributed by atoms with Crippen LogP contribution >= 0.6 is 0 Å². The van der Waals surface area contributed by atoms with Crippen LogP contribution in [-0.4, -0.2) is 82.5 Å². The largest absolute Gasteiger partial charge is 0.481 e. The van der Waals surface area contributed by atoms with E-state index in [-0.39, 0.29) is 18.8 Å². The number of carboxylic acids is 2. The quantitative estimate of drug-likeness (QED) is 0.0990. The maximum atomic E-state index is 12.9. The van der Waals surface area contributed by atoms with Crippen molar-refractivity contribution in [1.82, 2.24) is 21.3 Å². The fourth-order valence-corrected chi connectivity index (χ4v) is 3.09. The van der Waals surface area contributed by atoms with E-state index in [2.05, 4.69) is 21.3 Å². The third kappa shape index (κ3) is 13.0. The van der Waals surface area contributed by atoms with Crippen molar-refractivity contribution in [3.63, 3.8) is 0 Å². The SMILES string of the molecule is CC(C)C[C@H](NC(=O)[C@H](CC(=O)O)NC(=O)[C@H](C)N)C(=O)N[C@@H](C)C(=O)N[C@@H](CCCCN)C(=O)O. The highest BCUT2D eigenvalue weighted by Gasteiger charge is 2.31. The fraction of sp³-hybridized carbons (Fsp3) is 0.727. The van der Waals surface area contributed by atoms with Crippen molar-refractivity contribution >= 4 is 35.6 Å². The molecule has 0 aliphatic heterocycles. The summed E-state index contributed by atoms with van der Waals surface area (Å²) in [6.07, 6.45) is 0.663. The fourth-order valence-electron chi connectivity index (χ4n) is 3.09. The molecule has 206 valence electrons. The van der Waals surface area contributed by atoms with Crippen LogP contribution in [0.25, 0.3) is 0 Å². The van der Waals surface area contributed by atoms with Gasteiger partial charge in [-0.15, -0.1) is 0 Å². The van der Waals surface area contributed by atoms with Crippen LogP contribution in [0.5, 0.6) is 0 Å². The zero-order valence-electron chi connectivity index (χ0n) is 21.2. The summed E-state index contributed by atoms with van der Waals surface area (Å²) in [6, 6.07) is -5.91. The van der Waals surface area contributed by atoms with Crippen molar-refractivity contribution < 1.29 is 39.0 Å². The van der Waals surface area contributed by atoms with Gasteiger partial charge in [0.1, 0.15) is 24.2 Å². The van der Waals surface area contributed by atoms with Gasteiger partial charge in [-0.2, -0.15) is 0 Å². The molecular formula is C22H40N6O8. The summed E-state index contributed by atoms with van der Waals surface area (Å²) in [4.78, 5) is 72.6. The van der Waals surface area contributed by atoms with E-state index >= 15 is 0 Å². The maximum absolute atomic E-state index is 12.9.